The topological polar surface area (TPSA) is 137 Å². The number of benzene rings is 2. The zero-order chi connectivity index (χ0) is 22.8. The van der Waals surface area contributed by atoms with E-state index in [4.69, 9.17) is 0 Å². The monoisotopic (exact) mass is 434 g/mol. The first-order valence-corrected chi connectivity index (χ1v) is 9.81. The third-order valence-corrected chi connectivity index (χ3v) is 5.18. The standard InChI is InChI=1S/C21H18N6O5/c1-2-24-13-19(27(31)32)20(23-24)21(28)25-18(15-8-10-16(11-9-15)26(29)30)12-17(22-25)14-6-4-3-5-7-14/h3-11,13,18H,2,12H2,1H3/t18-/m0/s1. The molecule has 162 valence electrons. The number of nitro groups is 2. The molecule has 1 amide bonds. The van der Waals surface area contributed by atoms with E-state index in [0.29, 0.717) is 24.2 Å². The molecule has 3 aromatic rings. The molecule has 11 nitrogen and oxygen atoms in total. The number of nitrogens with zero attached hydrogens (tertiary/aromatic N) is 6. The summed E-state index contributed by atoms with van der Waals surface area (Å²) in [6.45, 7) is 2.12. The minimum atomic E-state index is -0.710. The number of hydrogen-bond acceptors (Lipinski definition) is 7. The van der Waals surface area contributed by atoms with Crippen LogP contribution in [0.4, 0.5) is 11.4 Å². The van der Waals surface area contributed by atoms with E-state index in [1.807, 2.05) is 30.3 Å². The van der Waals surface area contributed by atoms with Crippen LogP contribution in [0.25, 0.3) is 0 Å². The van der Waals surface area contributed by atoms with Crippen molar-refractivity contribution in [3.8, 4) is 0 Å². The summed E-state index contributed by atoms with van der Waals surface area (Å²) in [5, 5.41) is 32.2. The summed E-state index contributed by atoms with van der Waals surface area (Å²) in [7, 11) is 0. The van der Waals surface area contributed by atoms with Gasteiger partial charge in [-0.3, -0.25) is 29.7 Å². The van der Waals surface area contributed by atoms with Gasteiger partial charge < -0.3 is 0 Å². The molecule has 1 aromatic heterocycles. The molecule has 2 aromatic carbocycles. The lowest BCUT2D eigenvalue weighted by Crippen LogP contribution is -2.28. The van der Waals surface area contributed by atoms with Crippen LogP contribution < -0.4 is 0 Å². The fraction of sp³-hybridized carbons (Fsp3) is 0.190. The van der Waals surface area contributed by atoms with E-state index >= 15 is 0 Å². The summed E-state index contributed by atoms with van der Waals surface area (Å²) in [5.41, 5.74) is 1.27. The Balaban J connectivity index is 1.76. The van der Waals surface area contributed by atoms with E-state index in [-0.39, 0.29) is 11.4 Å². The van der Waals surface area contributed by atoms with Crippen LogP contribution in [-0.4, -0.2) is 36.3 Å². The number of nitro benzene ring substituents is 1. The number of hydrazone groups is 1. The van der Waals surface area contributed by atoms with Gasteiger partial charge in [-0.2, -0.15) is 10.2 Å². The summed E-state index contributed by atoms with van der Waals surface area (Å²) in [6.07, 6.45) is 1.56. The lowest BCUT2D eigenvalue weighted by molar-refractivity contribution is -0.385. The predicted molar refractivity (Wildman–Crippen MR) is 114 cm³/mol. The Morgan fingerprint density at radius 3 is 2.34 bits per heavy atom. The van der Waals surface area contributed by atoms with E-state index in [9.17, 15) is 25.0 Å². The molecule has 0 unspecified atom stereocenters. The van der Waals surface area contributed by atoms with Crippen LogP contribution in [0.2, 0.25) is 0 Å². The van der Waals surface area contributed by atoms with Gasteiger partial charge in [-0.25, -0.2) is 5.01 Å². The molecule has 1 aliphatic rings. The van der Waals surface area contributed by atoms with Crippen LogP contribution in [0, 0.1) is 20.2 Å². The lowest BCUT2D eigenvalue weighted by atomic mass is 9.98. The van der Waals surface area contributed by atoms with Crippen LogP contribution in [0.5, 0.6) is 0 Å². The fourth-order valence-electron chi connectivity index (χ4n) is 3.55. The Labute approximate surface area is 181 Å². The van der Waals surface area contributed by atoms with Gasteiger partial charge in [-0.1, -0.05) is 42.5 Å². The van der Waals surface area contributed by atoms with Gasteiger partial charge >= 0.3 is 11.6 Å². The van der Waals surface area contributed by atoms with Gasteiger partial charge in [0.15, 0.2) is 0 Å². The predicted octanol–water partition coefficient (Wildman–Crippen LogP) is 3.71. The molecule has 32 heavy (non-hydrogen) atoms. The largest absolute Gasteiger partial charge is 0.320 e. The van der Waals surface area contributed by atoms with Crippen LogP contribution in [0.1, 0.15) is 41.0 Å². The van der Waals surface area contributed by atoms with Crippen molar-refractivity contribution in [3.63, 3.8) is 0 Å². The van der Waals surface area contributed by atoms with Crippen LogP contribution in [0.3, 0.4) is 0 Å². The van der Waals surface area contributed by atoms with Crippen LogP contribution >= 0.6 is 0 Å². The molecule has 11 heteroatoms. The molecular formula is C21H18N6O5. The van der Waals surface area contributed by atoms with Crippen LogP contribution in [0.15, 0.2) is 65.9 Å². The molecule has 4 rings (SSSR count). The normalized spacial score (nSPS) is 15.5. The van der Waals surface area contributed by atoms with E-state index in [2.05, 4.69) is 10.2 Å². The molecule has 0 saturated heterocycles. The number of non-ortho nitro benzene ring substituents is 1. The molecular weight excluding hydrogens is 416 g/mol. The molecule has 2 heterocycles. The number of hydrogen-bond donors (Lipinski definition) is 0. The number of rotatable bonds is 6. The first-order valence-electron chi connectivity index (χ1n) is 9.81. The van der Waals surface area contributed by atoms with E-state index in [1.54, 1.807) is 19.1 Å². The van der Waals surface area contributed by atoms with Gasteiger partial charge in [0.2, 0.25) is 5.69 Å². The summed E-state index contributed by atoms with van der Waals surface area (Å²) in [4.78, 5) is 34.7. The summed E-state index contributed by atoms with van der Waals surface area (Å²) in [5.74, 6) is -0.710. The van der Waals surface area contributed by atoms with Crippen molar-refractivity contribution in [2.75, 3.05) is 0 Å². The molecule has 0 saturated carbocycles. The van der Waals surface area contributed by atoms with Crippen molar-refractivity contribution in [3.05, 3.63) is 97.8 Å². The molecule has 1 aliphatic heterocycles. The highest BCUT2D eigenvalue weighted by Crippen LogP contribution is 2.35. The highest BCUT2D eigenvalue weighted by Gasteiger charge is 2.38. The maximum Gasteiger partial charge on any atom is 0.320 e. The SMILES string of the molecule is CCn1cc([N+](=O)[O-])c(C(=O)N2N=C(c3ccccc3)C[C@H]2c2ccc([N+](=O)[O-])cc2)n1. The molecule has 0 spiro atoms. The maximum atomic E-state index is 13.4. The van der Waals surface area contributed by atoms with E-state index < -0.39 is 27.5 Å². The van der Waals surface area contributed by atoms with E-state index in [1.165, 1.54) is 28.0 Å². The molecule has 0 aliphatic carbocycles. The van der Waals surface area contributed by atoms with Crippen LogP contribution in [-0.2, 0) is 6.54 Å². The molecule has 1 atom stereocenters. The zero-order valence-corrected chi connectivity index (χ0v) is 17.0. The van der Waals surface area contributed by atoms with Gasteiger partial charge in [0.1, 0.15) is 6.20 Å². The van der Waals surface area contributed by atoms with Crippen molar-refractivity contribution in [2.45, 2.75) is 25.9 Å². The molecule has 0 radical (unpaired) electrons. The third kappa shape index (κ3) is 3.83. The average Bonchev–Trinajstić information content (AvgIpc) is 3.44. The number of carbonyl (C=O) groups is 1. The third-order valence-electron chi connectivity index (χ3n) is 5.18. The number of aryl methyl sites for hydroxylation is 1. The number of aromatic nitrogens is 2. The van der Waals surface area contributed by atoms with Gasteiger partial charge in [-0.15, -0.1) is 0 Å². The van der Waals surface area contributed by atoms with Gasteiger partial charge in [0.05, 0.1) is 21.6 Å². The lowest BCUT2D eigenvalue weighted by Gasteiger charge is -2.21. The van der Waals surface area contributed by atoms with Gasteiger partial charge in [0, 0.05) is 25.1 Å². The Hall–Kier alpha value is -4.41. The first kappa shape index (κ1) is 20.8. The van der Waals surface area contributed by atoms with Crippen molar-refractivity contribution in [1.29, 1.82) is 0 Å². The average molecular weight is 434 g/mol. The Morgan fingerprint density at radius 1 is 1.06 bits per heavy atom. The summed E-state index contributed by atoms with van der Waals surface area (Å²) >= 11 is 0. The minimum Gasteiger partial charge on any atom is -0.265 e. The van der Waals surface area contributed by atoms with E-state index in [0.717, 1.165) is 5.56 Å². The second-order valence-corrected chi connectivity index (χ2v) is 7.11. The Morgan fingerprint density at radius 2 is 1.75 bits per heavy atom. The van der Waals surface area contributed by atoms with Crippen molar-refractivity contribution in [2.24, 2.45) is 5.10 Å². The maximum absolute atomic E-state index is 13.4. The first-order chi connectivity index (χ1) is 15.4. The summed E-state index contributed by atoms with van der Waals surface area (Å²) in [6, 6.07) is 14.5. The van der Waals surface area contributed by atoms with Gasteiger partial charge in [-0.05, 0) is 18.1 Å². The van der Waals surface area contributed by atoms with Crippen molar-refractivity contribution >= 4 is 23.0 Å². The zero-order valence-electron chi connectivity index (χ0n) is 17.0. The molecule has 0 fully saturated rings. The smallest absolute Gasteiger partial charge is 0.265 e. The second kappa shape index (κ2) is 8.38. The van der Waals surface area contributed by atoms with Gasteiger partial charge in [0.25, 0.3) is 5.69 Å². The summed E-state index contributed by atoms with van der Waals surface area (Å²) < 4.78 is 1.32. The Bertz CT molecular complexity index is 1220. The van der Waals surface area contributed by atoms with Crippen molar-refractivity contribution < 1.29 is 14.6 Å². The quantitative estimate of drug-likeness (QED) is 0.428. The number of amides is 1. The second-order valence-electron chi connectivity index (χ2n) is 7.11. The highest BCUT2D eigenvalue weighted by molar-refractivity contribution is 6.05. The Kier molecular flexibility index (Phi) is 5.46. The number of carbonyl (C=O) groups excluding carboxylic acids is 1. The fourth-order valence-corrected chi connectivity index (χ4v) is 3.55. The minimum absolute atomic E-state index is 0.0776. The highest BCUT2D eigenvalue weighted by atomic mass is 16.6. The molecule has 0 bridgehead atoms. The van der Waals surface area contributed by atoms with Crippen molar-refractivity contribution in [1.82, 2.24) is 14.8 Å². The molecule has 0 N–H and O–H groups in total.